The molecular weight excluding hydrogens is 484 g/mol. The van der Waals surface area contributed by atoms with Crippen LogP contribution in [0.25, 0.3) is 0 Å². The van der Waals surface area contributed by atoms with Gasteiger partial charge in [0.2, 0.25) is 0 Å². The normalized spacial score (nSPS) is 12.4. The number of nitrogens with one attached hydrogen (secondary N) is 1. The molecule has 32 heavy (non-hydrogen) atoms. The van der Waals surface area contributed by atoms with Crippen molar-refractivity contribution >= 4 is 41.2 Å². The standard InChI is InChI=1S/C18H24N2O9S3/c19-14-1-6-17(18(13-14)31(24,25)11-12-32(26,27)28)20-7-9-29-15-2-4-16(5-3-15)30(22,23)10-8-21/h1-6,13,20-21H,7-12,19H2,(H,26,27,28). The molecule has 0 saturated heterocycles. The van der Waals surface area contributed by atoms with Gasteiger partial charge in [-0.25, -0.2) is 16.8 Å². The summed E-state index contributed by atoms with van der Waals surface area (Å²) in [7, 11) is -12.1. The number of nitrogens with two attached hydrogens (primary N) is 1. The van der Waals surface area contributed by atoms with Gasteiger partial charge in [0, 0.05) is 12.2 Å². The van der Waals surface area contributed by atoms with Crippen LogP contribution in [0.4, 0.5) is 11.4 Å². The molecule has 0 spiro atoms. The fourth-order valence-electron chi connectivity index (χ4n) is 2.60. The molecule has 2 rings (SSSR count). The lowest BCUT2D eigenvalue weighted by atomic mass is 10.3. The number of sulfone groups is 2. The van der Waals surface area contributed by atoms with Crippen LogP contribution >= 0.6 is 0 Å². The van der Waals surface area contributed by atoms with Crippen LogP contribution in [-0.2, 0) is 29.8 Å². The second-order valence-corrected chi connectivity index (χ2v) is 12.4. The van der Waals surface area contributed by atoms with Crippen LogP contribution in [-0.4, -0.2) is 71.9 Å². The summed E-state index contributed by atoms with van der Waals surface area (Å²) in [6.07, 6.45) is 0. The Morgan fingerprint density at radius 1 is 0.875 bits per heavy atom. The average molecular weight is 509 g/mol. The Morgan fingerprint density at radius 2 is 1.53 bits per heavy atom. The summed E-state index contributed by atoms with van der Waals surface area (Å²) < 4.78 is 84.9. The molecule has 0 aliphatic heterocycles. The summed E-state index contributed by atoms with van der Waals surface area (Å²) in [5, 5.41) is 11.7. The van der Waals surface area contributed by atoms with Gasteiger partial charge in [-0.2, -0.15) is 8.42 Å². The van der Waals surface area contributed by atoms with E-state index in [4.69, 9.17) is 20.1 Å². The Labute approximate surface area is 186 Å². The van der Waals surface area contributed by atoms with Crippen molar-refractivity contribution < 1.29 is 39.6 Å². The predicted octanol–water partition coefficient (Wildman–Crippen LogP) is 0.187. The maximum atomic E-state index is 12.5. The van der Waals surface area contributed by atoms with E-state index in [1.54, 1.807) is 0 Å². The zero-order chi connectivity index (χ0) is 24.0. The molecule has 178 valence electrons. The number of nitrogen functional groups attached to an aromatic ring is 1. The van der Waals surface area contributed by atoms with Crippen molar-refractivity contribution in [3.8, 4) is 5.75 Å². The van der Waals surface area contributed by atoms with Gasteiger partial charge in [-0.1, -0.05) is 0 Å². The predicted molar refractivity (Wildman–Crippen MR) is 119 cm³/mol. The maximum absolute atomic E-state index is 12.5. The largest absolute Gasteiger partial charge is 0.492 e. The molecule has 2 aromatic carbocycles. The second-order valence-electron chi connectivity index (χ2n) is 6.65. The Morgan fingerprint density at radius 3 is 2.12 bits per heavy atom. The first-order valence-electron chi connectivity index (χ1n) is 9.22. The van der Waals surface area contributed by atoms with Crippen molar-refractivity contribution in [1.82, 2.24) is 0 Å². The summed E-state index contributed by atoms with van der Waals surface area (Å²) in [6.45, 7) is -0.224. The Kier molecular flexibility index (Phi) is 8.47. The van der Waals surface area contributed by atoms with E-state index in [0.717, 1.165) is 0 Å². The van der Waals surface area contributed by atoms with E-state index >= 15 is 0 Å². The third-order valence-electron chi connectivity index (χ3n) is 4.18. The van der Waals surface area contributed by atoms with Crippen molar-refractivity contribution in [2.75, 3.05) is 48.1 Å². The first kappa shape index (κ1) is 25.9. The van der Waals surface area contributed by atoms with Crippen molar-refractivity contribution in [2.24, 2.45) is 0 Å². The topological polar surface area (TPSA) is 190 Å². The Hall–Kier alpha value is -2.39. The van der Waals surface area contributed by atoms with Gasteiger partial charge >= 0.3 is 0 Å². The molecule has 0 aliphatic rings. The van der Waals surface area contributed by atoms with Gasteiger partial charge in [0.25, 0.3) is 10.1 Å². The van der Waals surface area contributed by atoms with E-state index in [1.807, 2.05) is 0 Å². The first-order chi connectivity index (χ1) is 14.8. The summed E-state index contributed by atoms with van der Waals surface area (Å²) in [6, 6.07) is 9.71. The van der Waals surface area contributed by atoms with Crippen LogP contribution < -0.4 is 15.8 Å². The highest BCUT2D eigenvalue weighted by Gasteiger charge is 2.22. The number of hydrogen-bond acceptors (Lipinski definition) is 10. The third-order valence-corrected chi connectivity index (χ3v) is 8.62. The number of aliphatic hydroxyl groups excluding tert-OH is 1. The van der Waals surface area contributed by atoms with Crippen molar-refractivity contribution in [3.63, 3.8) is 0 Å². The highest BCUT2D eigenvalue weighted by atomic mass is 32.2. The number of rotatable bonds is 12. The number of aliphatic hydroxyl groups is 1. The highest BCUT2D eigenvalue weighted by molar-refractivity contribution is 7.93. The zero-order valence-corrected chi connectivity index (χ0v) is 19.3. The minimum Gasteiger partial charge on any atom is -0.492 e. The molecule has 0 aliphatic carbocycles. The fourth-order valence-corrected chi connectivity index (χ4v) is 6.36. The van der Waals surface area contributed by atoms with Gasteiger partial charge in [-0.05, 0) is 42.5 Å². The fraction of sp³-hybridized carbons (Fsp3) is 0.333. The smallest absolute Gasteiger partial charge is 0.265 e. The molecule has 0 heterocycles. The Balaban J connectivity index is 2.02. The van der Waals surface area contributed by atoms with Gasteiger partial charge in [0.05, 0.1) is 39.3 Å². The maximum Gasteiger partial charge on any atom is 0.265 e. The average Bonchev–Trinajstić information content (AvgIpc) is 2.70. The molecule has 0 amide bonds. The van der Waals surface area contributed by atoms with Crippen molar-refractivity contribution in [1.29, 1.82) is 0 Å². The zero-order valence-electron chi connectivity index (χ0n) is 16.8. The lowest BCUT2D eigenvalue weighted by molar-refractivity contribution is 0.319. The van der Waals surface area contributed by atoms with Crippen LogP contribution in [0, 0.1) is 0 Å². The highest BCUT2D eigenvalue weighted by Crippen LogP contribution is 2.25. The van der Waals surface area contributed by atoms with E-state index in [9.17, 15) is 25.3 Å². The number of ether oxygens (including phenoxy) is 1. The van der Waals surface area contributed by atoms with Crippen molar-refractivity contribution in [3.05, 3.63) is 42.5 Å². The van der Waals surface area contributed by atoms with E-state index in [2.05, 4.69) is 5.32 Å². The van der Waals surface area contributed by atoms with Gasteiger partial charge in [0.15, 0.2) is 19.7 Å². The van der Waals surface area contributed by atoms with Crippen LogP contribution in [0.3, 0.4) is 0 Å². The number of anilines is 2. The summed E-state index contributed by atoms with van der Waals surface area (Å²) >= 11 is 0. The van der Waals surface area contributed by atoms with Gasteiger partial charge < -0.3 is 20.9 Å². The lowest BCUT2D eigenvalue weighted by Crippen LogP contribution is -2.19. The molecule has 2 aromatic rings. The summed E-state index contributed by atoms with van der Waals surface area (Å²) in [5.74, 6) is -1.76. The molecule has 0 saturated carbocycles. The molecule has 0 atom stereocenters. The number of benzene rings is 2. The van der Waals surface area contributed by atoms with Gasteiger partial charge in [0.1, 0.15) is 12.4 Å². The molecule has 14 heteroatoms. The third kappa shape index (κ3) is 7.63. The lowest BCUT2D eigenvalue weighted by Gasteiger charge is -2.14. The van der Waals surface area contributed by atoms with E-state index < -0.39 is 47.9 Å². The van der Waals surface area contributed by atoms with Gasteiger partial charge in [-0.15, -0.1) is 0 Å². The molecule has 5 N–H and O–H groups in total. The number of hydrogen-bond donors (Lipinski definition) is 4. The summed E-state index contributed by atoms with van der Waals surface area (Å²) in [4.78, 5) is -0.154. The van der Waals surface area contributed by atoms with Gasteiger partial charge in [-0.3, -0.25) is 4.55 Å². The van der Waals surface area contributed by atoms with E-state index in [-0.39, 0.29) is 40.1 Å². The second kappa shape index (κ2) is 10.5. The summed E-state index contributed by atoms with van der Waals surface area (Å²) in [5.41, 5.74) is 6.00. The molecule has 0 aromatic heterocycles. The Bertz CT molecular complexity index is 1240. The monoisotopic (exact) mass is 508 g/mol. The van der Waals surface area contributed by atoms with Crippen molar-refractivity contribution in [2.45, 2.75) is 9.79 Å². The molecule has 0 unspecified atom stereocenters. The van der Waals surface area contributed by atoms with Crippen LogP contribution in [0.1, 0.15) is 0 Å². The minimum absolute atomic E-state index is 0.0543. The SMILES string of the molecule is Nc1ccc(NCCOc2ccc(S(=O)(=O)CCO)cc2)c(S(=O)(=O)CCS(=O)(=O)O)c1. The van der Waals surface area contributed by atoms with Crippen LogP contribution in [0.5, 0.6) is 5.75 Å². The molecular formula is C18H24N2O9S3. The minimum atomic E-state index is -4.46. The van der Waals surface area contributed by atoms with Crippen LogP contribution in [0.2, 0.25) is 0 Å². The molecule has 11 nitrogen and oxygen atoms in total. The van der Waals surface area contributed by atoms with E-state index in [1.165, 1.54) is 42.5 Å². The van der Waals surface area contributed by atoms with E-state index in [0.29, 0.717) is 5.75 Å². The first-order valence-corrected chi connectivity index (χ1v) is 14.1. The molecule has 0 fully saturated rings. The van der Waals surface area contributed by atoms with Crippen LogP contribution in [0.15, 0.2) is 52.3 Å². The molecule has 0 radical (unpaired) electrons. The molecule has 0 bridgehead atoms. The quantitative estimate of drug-likeness (QED) is 0.174.